The first kappa shape index (κ1) is 32.6. The lowest BCUT2D eigenvalue weighted by Crippen LogP contribution is -2.46. The Bertz CT molecular complexity index is 1420. The Morgan fingerprint density at radius 1 is 1.16 bits per heavy atom. The van der Waals surface area contributed by atoms with Crippen molar-refractivity contribution < 1.29 is 28.1 Å². The summed E-state index contributed by atoms with van der Waals surface area (Å²) in [5, 5.41) is 4.49. The number of benzene rings is 1. The van der Waals surface area contributed by atoms with Crippen molar-refractivity contribution in [3.05, 3.63) is 41.8 Å². The van der Waals surface area contributed by atoms with Crippen LogP contribution in [0, 0.1) is 18.2 Å². The fourth-order valence-electron chi connectivity index (χ4n) is 4.64. The molecule has 0 amide bonds. The summed E-state index contributed by atoms with van der Waals surface area (Å²) in [5.41, 5.74) is 1.38. The Morgan fingerprint density at radius 2 is 1.91 bits per heavy atom. The quantitative estimate of drug-likeness (QED) is 0.117. The molecule has 2 aromatic heterocycles. The van der Waals surface area contributed by atoms with Gasteiger partial charge in [-0.05, 0) is 77.6 Å². The molecule has 9 nitrogen and oxygen atoms in total. The molecule has 43 heavy (non-hydrogen) atoms. The molecule has 0 spiro atoms. The molecule has 0 unspecified atom stereocenters. The second-order valence-electron chi connectivity index (χ2n) is 12.8. The molecule has 3 aromatic rings. The highest BCUT2D eigenvalue weighted by atomic mass is 28.3. The van der Waals surface area contributed by atoms with Crippen LogP contribution < -0.4 is 9.47 Å². The number of hydrogen-bond acceptors (Lipinski definition) is 8. The predicted octanol–water partition coefficient (Wildman–Crippen LogP) is 6.86. The van der Waals surface area contributed by atoms with Crippen molar-refractivity contribution in [3.8, 4) is 34.4 Å². The average molecular weight is 612 g/mol. The Kier molecular flexibility index (Phi) is 10.3. The van der Waals surface area contributed by atoms with Crippen LogP contribution in [0.4, 0.5) is 4.39 Å². The van der Waals surface area contributed by atoms with Crippen molar-refractivity contribution in [1.82, 2.24) is 19.7 Å². The molecule has 1 aliphatic carbocycles. The number of aryl methyl sites for hydroxylation is 1. The summed E-state index contributed by atoms with van der Waals surface area (Å²) in [6.07, 6.45) is 3.97. The average Bonchev–Trinajstić information content (AvgIpc) is 3.26. The highest BCUT2D eigenvalue weighted by molar-refractivity contribution is 6.55. The summed E-state index contributed by atoms with van der Waals surface area (Å²) < 4.78 is 40.2. The number of rotatable bonds is 13. The summed E-state index contributed by atoms with van der Waals surface area (Å²) >= 11 is 0. The van der Waals surface area contributed by atoms with Crippen LogP contribution in [-0.2, 0) is 21.0 Å². The first-order valence-corrected chi connectivity index (χ1v) is 17.6. The summed E-state index contributed by atoms with van der Waals surface area (Å²) in [4.78, 5) is 21.7. The Hall–Kier alpha value is -3.31. The van der Waals surface area contributed by atoms with Crippen LogP contribution in [0.3, 0.4) is 0 Å². The summed E-state index contributed by atoms with van der Waals surface area (Å²) in [6.45, 7) is 16.8. The van der Waals surface area contributed by atoms with Gasteiger partial charge in [0.25, 0.3) is 0 Å². The van der Waals surface area contributed by atoms with Crippen LogP contribution in [0.5, 0.6) is 11.9 Å². The zero-order valence-electron chi connectivity index (χ0n) is 26.6. The first-order valence-electron chi connectivity index (χ1n) is 14.9. The molecule has 1 aromatic carbocycles. The second-order valence-corrected chi connectivity index (χ2v) is 15.7. The van der Waals surface area contributed by atoms with Gasteiger partial charge in [0.05, 0.1) is 37.4 Å². The topological polar surface area (TPSA) is 97.6 Å². The van der Waals surface area contributed by atoms with Gasteiger partial charge in [-0.2, -0.15) is 9.67 Å². The van der Waals surface area contributed by atoms with E-state index in [0.29, 0.717) is 18.1 Å². The zero-order chi connectivity index (χ0) is 31.4. The van der Waals surface area contributed by atoms with Crippen molar-refractivity contribution in [2.45, 2.75) is 98.4 Å². The fraction of sp³-hybridized carbons (Fsp3) is 0.562. The third-order valence-electron chi connectivity index (χ3n) is 7.18. The van der Waals surface area contributed by atoms with E-state index >= 15 is 4.39 Å². The van der Waals surface area contributed by atoms with Crippen molar-refractivity contribution in [1.29, 1.82) is 0 Å². The summed E-state index contributed by atoms with van der Waals surface area (Å²) in [6, 6.07) is 8.06. The lowest BCUT2D eigenvalue weighted by atomic mass is 9.69. The number of carbonyl (C=O) groups excluding carboxylic acids is 1. The Labute approximate surface area is 255 Å². The molecule has 0 atom stereocenters. The van der Waals surface area contributed by atoms with Crippen LogP contribution >= 0.6 is 0 Å². The smallest absolute Gasteiger partial charge is 0.317 e. The van der Waals surface area contributed by atoms with Crippen molar-refractivity contribution >= 4 is 14.8 Å². The highest BCUT2D eigenvalue weighted by Crippen LogP contribution is 2.43. The fourth-order valence-corrected chi connectivity index (χ4v) is 5.19. The minimum absolute atomic E-state index is 0.122. The predicted molar refractivity (Wildman–Crippen MR) is 165 cm³/mol. The van der Waals surface area contributed by atoms with Crippen LogP contribution in [0.15, 0.2) is 30.5 Å². The molecule has 0 aliphatic heterocycles. The Morgan fingerprint density at radius 3 is 2.49 bits per heavy atom. The number of ether oxygens (including phenoxy) is 4. The number of hydrogen-bond donors (Lipinski definition) is 0. The molecule has 0 N–H and O–H groups in total. The van der Waals surface area contributed by atoms with Gasteiger partial charge in [-0.15, -0.1) is 5.10 Å². The largest absolute Gasteiger partial charge is 0.476 e. The minimum Gasteiger partial charge on any atom is -0.476 e. The number of nitrogens with zero attached hydrogens (tertiary/aromatic N) is 4. The first-order chi connectivity index (χ1) is 20.3. The zero-order valence-corrected chi connectivity index (χ0v) is 27.6. The number of pyridine rings is 1. The van der Waals surface area contributed by atoms with Gasteiger partial charge in [0.1, 0.15) is 30.2 Å². The molecule has 1 aliphatic rings. The minimum atomic E-state index is -0.636. The standard InChI is InChI=1S/C32H44FN4O5Si/c1-21(2)41-30-35-28(36-37(30)20-39-14-15-43(7)8)24-11-10-23(17-26(24)33)25-18-34-27(16-22(25)3)40-19-32(12-9-13-32)29(38)42-31(4,5)6/h10-11,16-18,21H,9,12-15,19-20H2,1-8H3/q+1. The van der Waals surface area contributed by atoms with E-state index in [0.717, 1.165) is 36.4 Å². The van der Waals surface area contributed by atoms with Crippen LogP contribution in [0.2, 0.25) is 19.1 Å². The summed E-state index contributed by atoms with van der Waals surface area (Å²) in [7, 11) is -0.388. The van der Waals surface area contributed by atoms with Gasteiger partial charge in [-0.1, -0.05) is 12.5 Å². The van der Waals surface area contributed by atoms with Gasteiger partial charge in [0.2, 0.25) is 5.88 Å². The van der Waals surface area contributed by atoms with Crippen molar-refractivity contribution in [2.75, 3.05) is 13.2 Å². The normalized spacial score (nSPS) is 14.4. The molecule has 11 heteroatoms. The molecule has 2 heterocycles. The van der Waals surface area contributed by atoms with Crippen LogP contribution in [0.25, 0.3) is 22.5 Å². The van der Waals surface area contributed by atoms with E-state index in [1.807, 2.05) is 53.7 Å². The van der Waals surface area contributed by atoms with Crippen LogP contribution in [0.1, 0.15) is 59.4 Å². The maximum absolute atomic E-state index is 15.5. The second kappa shape index (κ2) is 13.5. The molecule has 1 fully saturated rings. The molecule has 0 saturated heterocycles. The third-order valence-corrected chi connectivity index (χ3v) is 8.39. The number of aromatic nitrogens is 4. The van der Waals surface area contributed by atoms with E-state index < -0.39 is 16.8 Å². The molecule has 0 bridgehead atoms. The van der Waals surface area contributed by atoms with Gasteiger partial charge in [-0.3, -0.25) is 4.79 Å². The SMILES string of the molecule is Cc1cc(OCC2(C(=O)OC(C)(C)C)CCC2)ncc1-c1ccc(-c2nc(OC(C)C)n(COCC[Si+](C)C)n2)c(F)c1. The maximum Gasteiger partial charge on any atom is 0.317 e. The molecule has 0 radical (unpaired) electrons. The number of esters is 1. The van der Waals surface area contributed by atoms with Gasteiger partial charge in [0, 0.05) is 17.8 Å². The third kappa shape index (κ3) is 8.41. The highest BCUT2D eigenvalue weighted by Gasteiger charge is 2.47. The maximum atomic E-state index is 15.5. The van der Waals surface area contributed by atoms with Gasteiger partial charge < -0.3 is 18.9 Å². The lowest BCUT2D eigenvalue weighted by Gasteiger charge is -2.40. The molecule has 232 valence electrons. The van der Waals surface area contributed by atoms with E-state index in [2.05, 4.69) is 28.2 Å². The van der Waals surface area contributed by atoms with Crippen molar-refractivity contribution in [2.24, 2.45) is 5.41 Å². The Balaban J connectivity index is 1.47. The van der Waals surface area contributed by atoms with E-state index in [-0.39, 0.29) is 51.6 Å². The number of carbonyl (C=O) groups is 1. The van der Waals surface area contributed by atoms with Gasteiger partial charge in [0.15, 0.2) is 5.82 Å². The van der Waals surface area contributed by atoms with Gasteiger partial charge in [-0.25, -0.2) is 9.37 Å². The van der Waals surface area contributed by atoms with E-state index in [1.54, 1.807) is 12.3 Å². The van der Waals surface area contributed by atoms with Crippen LogP contribution in [-0.4, -0.2) is 59.4 Å². The number of halogens is 1. The van der Waals surface area contributed by atoms with E-state index in [9.17, 15) is 4.79 Å². The monoisotopic (exact) mass is 611 g/mol. The summed E-state index contributed by atoms with van der Waals surface area (Å²) in [5.74, 6) is -0.0394. The van der Waals surface area contributed by atoms with Gasteiger partial charge >= 0.3 is 20.8 Å². The van der Waals surface area contributed by atoms with E-state index in [1.165, 1.54) is 10.7 Å². The molecule has 4 rings (SSSR count). The van der Waals surface area contributed by atoms with E-state index in [4.69, 9.17) is 18.9 Å². The van der Waals surface area contributed by atoms with Crippen molar-refractivity contribution in [3.63, 3.8) is 0 Å². The molecular weight excluding hydrogens is 567 g/mol. The molecular formula is C32H44FN4O5Si+. The molecule has 1 saturated carbocycles. The lowest BCUT2D eigenvalue weighted by molar-refractivity contribution is -0.176.